The van der Waals surface area contributed by atoms with Gasteiger partial charge in [0, 0.05) is 17.0 Å². The molecule has 0 aliphatic carbocycles. The number of aliphatic hydroxyl groups excluding tert-OH is 1. The van der Waals surface area contributed by atoms with Crippen molar-refractivity contribution in [3.8, 4) is 0 Å². The molecule has 3 rings (SSSR count). The van der Waals surface area contributed by atoms with Crippen molar-refractivity contribution >= 4 is 32.7 Å². The lowest BCUT2D eigenvalue weighted by Gasteiger charge is -2.01. The standard InChI is InChI=1S/C15H10FN3O4S2/c16-10-1-3-11(4-2-10)25(22,23)14-5-9(7-24-14)12(20)6-13(21)15-17-8-18-19-15/h1-8,20H,(H,17,18,19). The lowest BCUT2D eigenvalue weighted by Crippen LogP contribution is -2.00. The van der Waals surface area contributed by atoms with Gasteiger partial charge in [0.05, 0.1) is 4.90 Å². The van der Waals surface area contributed by atoms with E-state index in [-0.39, 0.29) is 20.5 Å². The Hall–Kier alpha value is -2.85. The van der Waals surface area contributed by atoms with Crippen LogP contribution in [0, 0.1) is 5.82 Å². The number of benzene rings is 1. The first-order chi connectivity index (χ1) is 11.9. The van der Waals surface area contributed by atoms with E-state index in [4.69, 9.17) is 0 Å². The highest BCUT2D eigenvalue weighted by molar-refractivity contribution is 7.93. The molecule has 7 nitrogen and oxygen atoms in total. The maximum atomic E-state index is 12.9. The number of sulfone groups is 1. The van der Waals surface area contributed by atoms with Crippen molar-refractivity contribution in [3.05, 3.63) is 65.3 Å². The first kappa shape index (κ1) is 17.0. The molecule has 0 aliphatic rings. The van der Waals surface area contributed by atoms with Crippen molar-refractivity contribution in [1.82, 2.24) is 15.2 Å². The Morgan fingerprint density at radius 1 is 1.28 bits per heavy atom. The summed E-state index contributed by atoms with van der Waals surface area (Å²) in [5, 5.41) is 17.3. The minimum atomic E-state index is -3.84. The monoisotopic (exact) mass is 379 g/mol. The second kappa shape index (κ2) is 6.57. The summed E-state index contributed by atoms with van der Waals surface area (Å²) in [6.07, 6.45) is 2.06. The Kier molecular flexibility index (Phi) is 4.47. The highest BCUT2D eigenvalue weighted by Crippen LogP contribution is 2.29. The van der Waals surface area contributed by atoms with Crippen LogP contribution in [0.1, 0.15) is 16.2 Å². The van der Waals surface area contributed by atoms with Gasteiger partial charge in [0.1, 0.15) is 22.1 Å². The van der Waals surface area contributed by atoms with E-state index in [1.54, 1.807) is 0 Å². The minimum Gasteiger partial charge on any atom is -0.507 e. The van der Waals surface area contributed by atoms with Crippen LogP contribution in [-0.2, 0) is 9.84 Å². The van der Waals surface area contributed by atoms with Crippen molar-refractivity contribution in [2.45, 2.75) is 9.10 Å². The highest BCUT2D eigenvalue weighted by atomic mass is 32.2. The molecule has 0 unspecified atom stereocenters. The maximum Gasteiger partial charge on any atom is 0.226 e. The van der Waals surface area contributed by atoms with E-state index in [0.717, 1.165) is 48.0 Å². The number of allylic oxidation sites excluding steroid dienone is 1. The number of thiophene rings is 1. The molecular weight excluding hydrogens is 369 g/mol. The molecule has 0 atom stereocenters. The van der Waals surface area contributed by atoms with E-state index in [1.165, 1.54) is 11.4 Å². The zero-order chi connectivity index (χ0) is 18.0. The number of halogens is 1. The number of hydrogen-bond donors (Lipinski definition) is 2. The van der Waals surface area contributed by atoms with E-state index < -0.39 is 27.2 Å². The number of hydrogen-bond acceptors (Lipinski definition) is 7. The molecule has 0 radical (unpaired) electrons. The van der Waals surface area contributed by atoms with Crippen LogP contribution in [0.5, 0.6) is 0 Å². The molecule has 2 heterocycles. The molecule has 0 amide bonds. The molecule has 0 aliphatic heterocycles. The molecule has 0 saturated carbocycles. The number of carbonyl (C=O) groups excluding carboxylic acids is 1. The van der Waals surface area contributed by atoms with Gasteiger partial charge >= 0.3 is 0 Å². The Balaban J connectivity index is 1.89. The Labute approximate surface area is 145 Å². The molecule has 128 valence electrons. The average molecular weight is 379 g/mol. The molecule has 0 saturated heterocycles. The summed E-state index contributed by atoms with van der Waals surface area (Å²) in [6.45, 7) is 0. The zero-order valence-electron chi connectivity index (χ0n) is 12.4. The normalized spacial score (nSPS) is 12.3. The third kappa shape index (κ3) is 3.49. The quantitative estimate of drug-likeness (QED) is 0.305. The Bertz CT molecular complexity index is 1040. The fourth-order valence-electron chi connectivity index (χ4n) is 1.92. The smallest absolute Gasteiger partial charge is 0.226 e. The number of rotatable bonds is 5. The van der Waals surface area contributed by atoms with Gasteiger partial charge in [0.25, 0.3) is 0 Å². The largest absolute Gasteiger partial charge is 0.507 e. The van der Waals surface area contributed by atoms with Crippen molar-refractivity contribution in [1.29, 1.82) is 0 Å². The lowest BCUT2D eigenvalue weighted by molar-refractivity contribution is 0.103. The van der Waals surface area contributed by atoms with Gasteiger partial charge in [-0.05, 0) is 30.3 Å². The molecule has 3 aromatic rings. The summed E-state index contributed by atoms with van der Waals surface area (Å²) in [7, 11) is -3.84. The van der Waals surface area contributed by atoms with Crippen molar-refractivity contribution in [2.75, 3.05) is 0 Å². The van der Waals surface area contributed by atoms with Crippen LogP contribution in [0.3, 0.4) is 0 Å². The van der Waals surface area contributed by atoms with E-state index in [1.807, 2.05) is 0 Å². The molecule has 1 aromatic carbocycles. The second-order valence-electron chi connectivity index (χ2n) is 4.84. The fourth-order valence-corrected chi connectivity index (χ4v) is 4.50. The van der Waals surface area contributed by atoms with E-state index in [9.17, 15) is 22.7 Å². The first-order valence-corrected chi connectivity index (χ1v) is 9.14. The van der Waals surface area contributed by atoms with Gasteiger partial charge in [-0.1, -0.05) is 0 Å². The van der Waals surface area contributed by atoms with Gasteiger partial charge in [-0.15, -0.1) is 11.3 Å². The molecule has 2 N–H and O–H groups in total. The van der Waals surface area contributed by atoms with Crippen LogP contribution in [-0.4, -0.2) is 34.5 Å². The van der Waals surface area contributed by atoms with E-state index >= 15 is 0 Å². The second-order valence-corrected chi connectivity index (χ2v) is 7.93. The van der Waals surface area contributed by atoms with Crippen LogP contribution >= 0.6 is 11.3 Å². The summed E-state index contributed by atoms with van der Waals surface area (Å²) in [5.41, 5.74) is 0.165. The van der Waals surface area contributed by atoms with Crippen molar-refractivity contribution in [3.63, 3.8) is 0 Å². The number of aromatic amines is 1. The topological polar surface area (TPSA) is 113 Å². The Morgan fingerprint density at radius 3 is 2.64 bits per heavy atom. The number of aromatic nitrogens is 3. The van der Waals surface area contributed by atoms with Crippen LogP contribution in [0.25, 0.3) is 5.76 Å². The van der Waals surface area contributed by atoms with E-state index in [2.05, 4.69) is 15.2 Å². The van der Waals surface area contributed by atoms with Crippen molar-refractivity contribution < 1.29 is 22.7 Å². The summed E-state index contributed by atoms with van der Waals surface area (Å²) in [5.74, 6) is -1.61. The van der Waals surface area contributed by atoms with Crippen molar-refractivity contribution in [2.24, 2.45) is 0 Å². The van der Waals surface area contributed by atoms with Gasteiger partial charge in [0.15, 0.2) is 5.82 Å². The predicted molar refractivity (Wildman–Crippen MR) is 87.5 cm³/mol. The lowest BCUT2D eigenvalue weighted by atomic mass is 10.2. The average Bonchev–Trinajstić information content (AvgIpc) is 3.27. The maximum absolute atomic E-state index is 12.9. The van der Waals surface area contributed by atoms with Gasteiger partial charge in [-0.25, -0.2) is 17.8 Å². The van der Waals surface area contributed by atoms with E-state index in [0.29, 0.717) is 0 Å². The van der Waals surface area contributed by atoms with Crippen LogP contribution in [0.4, 0.5) is 4.39 Å². The van der Waals surface area contributed by atoms with Gasteiger partial charge in [0.2, 0.25) is 15.6 Å². The number of nitrogens with zero attached hydrogens (tertiary/aromatic N) is 2. The van der Waals surface area contributed by atoms with Gasteiger partial charge in [-0.2, -0.15) is 5.10 Å². The van der Waals surface area contributed by atoms with Crippen LogP contribution in [0.15, 0.2) is 57.2 Å². The summed E-state index contributed by atoms with van der Waals surface area (Å²) < 4.78 is 37.9. The number of carbonyl (C=O) groups is 1. The molecule has 25 heavy (non-hydrogen) atoms. The van der Waals surface area contributed by atoms with Crippen LogP contribution in [0.2, 0.25) is 0 Å². The van der Waals surface area contributed by atoms with Gasteiger partial charge < -0.3 is 5.11 Å². The SMILES string of the molecule is O=C(C=C(O)c1csc(S(=O)(=O)c2ccc(F)cc2)c1)c1ncn[nH]1. The minimum absolute atomic E-state index is 0.0406. The highest BCUT2D eigenvalue weighted by Gasteiger charge is 2.21. The zero-order valence-corrected chi connectivity index (χ0v) is 14.0. The summed E-state index contributed by atoms with van der Waals surface area (Å²) in [4.78, 5) is 15.4. The summed E-state index contributed by atoms with van der Waals surface area (Å²) in [6, 6.07) is 5.66. The predicted octanol–water partition coefficient (Wildman–Crippen LogP) is 2.62. The molecule has 0 spiro atoms. The number of aliphatic hydroxyl groups is 1. The first-order valence-electron chi connectivity index (χ1n) is 6.78. The summed E-state index contributed by atoms with van der Waals surface area (Å²) >= 11 is 0.879. The number of nitrogens with one attached hydrogen (secondary N) is 1. The number of H-pyrrole nitrogens is 1. The Morgan fingerprint density at radius 2 is 2.00 bits per heavy atom. The fraction of sp³-hybridized carbons (Fsp3) is 0. The molecule has 0 bridgehead atoms. The van der Waals surface area contributed by atoms with Crippen LogP contribution < -0.4 is 0 Å². The molecule has 0 fully saturated rings. The van der Waals surface area contributed by atoms with Gasteiger partial charge in [-0.3, -0.25) is 9.89 Å². The number of ketones is 1. The molecule has 10 heteroatoms. The third-order valence-electron chi connectivity index (χ3n) is 3.18. The molecule has 2 aromatic heterocycles. The third-order valence-corrected chi connectivity index (χ3v) is 6.39. The molecular formula is C15H10FN3O4S2.